The van der Waals surface area contributed by atoms with Crippen molar-refractivity contribution in [1.29, 1.82) is 0 Å². The van der Waals surface area contributed by atoms with Gasteiger partial charge in [-0.3, -0.25) is 4.79 Å². The monoisotopic (exact) mass is 433 g/mol. The molecule has 2 heterocycles. The number of thiophene rings is 1. The number of hydrogen-bond donors (Lipinski definition) is 1. The van der Waals surface area contributed by atoms with Crippen LogP contribution in [0.1, 0.15) is 36.0 Å². The predicted molar refractivity (Wildman–Crippen MR) is 117 cm³/mol. The molecule has 8 heteroatoms. The van der Waals surface area contributed by atoms with Crippen molar-refractivity contribution in [3.8, 4) is 5.75 Å². The first-order valence-electron chi connectivity index (χ1n) is 9.46. The van der Waals surface area contributed by atoms with E-state index in [-0.39, 0.29) is 5.97 Å². The van der Waals surface area contributed by atoms with Crippen LogP contribution >= 0.6 is 22.9 Å². The maximum Gasteiger partial charge on any atom is 0.305 e. The molecule has 0 fully saturated rings. The van der Waals surface area contributed by atoms with Crippen molar-refractivity contribution in [2.75, 3.05) is 19.5 Å². The maximum absolute atomic E-state index is 11.4. The highest BCUT2D eigenvalue weighted by atomic mass is 35.5. The highest BCUT2D eigenvalue weighted by molar-refractivity contribution is 7.18. The molecule has 0 saturated heterocycles. The van der Waals surface area contributed by atoms with Crippen molar-refractivity contribution in [1.82, 2.24) is 9.97 Å². The predicted octanol–water partition coefficient (Wildman–Crippen LogP) is 5.02. The summed E-state index contributed by atoms with van der Waals surface area (Å²) in [7, 11) is 3.00. The van der Waals surface area contributed by atoms with Crippen LogP contribution < -0.4 is 10.1 Å². The van der Waals surface area contributed by atoms with E-state index in [1.165, 1.54) is 12.0 Å². The molecule has 2 aromatic heterocycles. The molecule has 3 aromatic rings. The number of ether oxygens (including phenoxy) is 2. The molecular formula is C21H24ClN3O3S. The van der Waals surface area contributed by atoms with Crippen LogP contribution in [0.4, 0.5) is 5.82 Å². The number of nitrogens with one attached hydrogen (secondary N) is 1. The number of methoxy groups -OCH3 is 2. The van der Waals surface area contributed by atoms with E-state index in [4.69, 9.17) is 31.0 Å². The van der Waals surface area contributed by atoms with Gasteiger partial charge in [0.05, 0.1) is 24.6 Å². The molecular weight excluding hydrogens is 410 g/mol. The van der Waals surface area contributed by atoms with Crippen LogP contribution in [0.25, 0.3) is 10.2 Å². The summed E-state index contributed by atoms with van der Waals surface area (Å²) >= 11 is 7.91. The Balaban J connectivity index is 1.81. The van der Waals surface area contributed by atoms with E-state index in [0.717, 1.165) is 33.8 Å². The first-order valence-corrected chi connectivity index (χ1v) is 10.7. The van der Waals surface area contributed by atoms with Gasteiger partial charge in [-0.2, -0.15) is 0 Å². The Morgan fingerprint density at radius 1 is 1.24 bits per heavy atom. The van der Waals surface area contributed by atoms with Gasteiger partial charge in [0.25, 0.3) is 0 Å². The normalized spacial score (nSPS) is 10.9. The van der Waals surface area contributed by atoms with Gasteiger partial charge in [-0.25, -0.2) is 9.97 Å². The maximum atomic E-state index is 11.4. The van der Waals surface area contributed by atoms with Gasteiger partial charge in [0, 0.05) is 24.3 Å². The number of rotatable bonds is 9. The zero-order valence-corrected chi connectivity index (χ0v) is 18.3. The largest absolute Gasteiger partial charge is 0.495 e. The van der Waals surface area contributed by atoms with Gasteiger partial charge >= 0.3 is 5.97 Å². The molecule has 154 valence electrons. The van der Waals surface area contributed by atoms with Gasteiger partial charge in [0.2, 0.25) is 0 Å². The molecule has 1 aromatic carbocycles. The van der Waals surface area contributed by atoms with Crippen molar-refractivity contribution in [2.24, 2.45) is 0 Å². The highest BCUT2D eigenvalue weighted by Crippen LogP contribution is 2.30. The average molecular weight is 434 g/mol. The Bertz CT molecular complexity index is 1010. The second-order valence-corrected chi connectivity index (χ2v) is 8.05. The molecule has 0 aliphatic carbocycles. The number of benzene rings is 1. The number of carbonyl (C=O) groups is 1. The molecule has 0 aliphatic heterocycles. The molecule has 29 heavy (non-hydrogen) atoms. The number of anilines is 1. The Kier molecular flexibility index (Phi) is 7.28. The number of aromatic nitrogens is 2. The number of aryl methyl sites for hydroxylation is 2. The average Bonchev–Trinajstić information content (AvgIpc) is 3.15. The zero-order valence-electron chi connectivity index (χ0n) is 16.8. The van der Waals surface area contributed by atoms with Crippen LogP contribution in [-0.2, 0) is 28.9 Å². The fourth-order valence-corrected chi connectivity index (χ4v) is 4.20. The Hall–Kier alpha value is -2.38. The van der Waals surface area contributed by atoms with Crippen molar-refractivity contribution in [3.05, 3.63) is 45.6 Å². The summed E-state index contributed by atoms with van der Waals surface area (Å²) in [5, 5.41) is 5.01. The quantitative estimate of drug-likeness (QED) is 0.477. The number of fused-ring (bicyclic) bond motifs is 1. The molecule has 0 unspecified atom stereocenters. The van der Waals surface area contributed by atoms with E-state index < -0.39 is 0 Å². The third-order valence-corrected chi connectivity index (χ3v) is 5.99. The number of hydrogen-bond acceptors (Lipinski definition) is 7. The summed E-state index contributed by atoms with van der Waals surface area (Å²) in [6.45, 7) is 2.70. The lowest BCUT2D eigenvalue weighted by Crippen LogP contribution is -2.06. The standard InChI is InChI=1S/C21H24ClN3O3S/c1-4-14-11-15-20(23-12-13-8-9-17(27-2)16(22)10-13)24-18(25-21(15)29-14)6-5-7-19(26)28-3/h8-11H,4-7,12H2,1-3H3,(H,23,24,25). The van der Waals surface area contributed by atoms with Gasteiger partial charge < -0.3 is 14.8 Å². The van der Waals surface area contributed by atoms with Crippen LogP contribution in [0, 0.1) is 0 Å². The lowest BCUT2D eigenvalue weighted by molar-refractivity contribution is -0.140. The summed E-state index contributed by atoms with van der Waals surface area (Å²) in [5.74, 6) is 1.95. The molecule has 0 atom stereocenters. The summed E-state index contributed by atoms with van der Waals surface area (Å²) in [4.78, 5) is 23.0. The zero-order chi connectivity index (χ0) is 20.8. The van der Waals surface area contributed by atoms with Gasteiger partial charge in [-0.05, 0) is 36.6 Å². The Morgan fingerprint density at radius 3 is 2.76 bits per heavy atom. The second kappa shape index (κ2) is 9.89. The van der Waals surface area contributed by atoms with Gasteiger partial charge in [-0.1, -0.05) is 24.6 Å². The van der Waals surface area contributed by atoms with Crippen LogP contribution in [-0.4, -0.2) is 30.2 Å². The van der Waals surface area contributed by atoms with E-state index in [2.05, 4.69) is 18.3 Å². The first-order chi connectivity index (χ1) is 14.0. The van der Waals surface area contributed by atoms with E-state index in [9.17, 15) is 4.79 Å². The highest BCUT2D eigenvalue weighted by Gasteiger charge is 2.12. The molecule has 0 bridgehead atoms. The smallest absolute Gasteiger partial charge is 0.305 e. The van der Waals surface area contributed by atoms with E-state index in [1.807, 2.05) is 18.2 Å². The van der Waals surface area contributed by atoms with Crippen LogP contribution in [0.3, 0.4) is 0 Å². The van der Waals surface area contributed by atoms with Crippen LogP contribution in [0.5, 0.6) is 5.75 Å². The van der Waals surface area contributed by atoms with Gasteiger partial charge in [-0.15, -0.1) is 11.3 Å². The minimum Gasteiger partial charge on any atom is -0.495 e. The number of esters is 1. The fraction of sp³-hybridized carbons (Fsp3) is 0.381. The Labute approximate surface area is 179 Å². The van der Waals surface area contributed by atoms with Gasteiger partial charge in [0.1, 0.15) is 22.2 Å². The second-order valence-electron chi connectivity index (χ2n) is 6.53. The summed E-state index contributed by atoms with van der Waals surface area (Å²) in [5.41, 5.74) is 1.03. The molecule has 0 amide bonds. The summed E-state index contributed by atoms with van der Waals surface area (Å²) in [6.07, 6.45) is 2.58. The number of carbonyl (C=O) groups excluding carboxylic acids is 1. The molecule has 1 N–H and O–H groups in total. The Morgan fingerprint density at radius 2 is 2.07 bits per heavy atom. The van der Waals surface area contributed by atoms with Crippen LogP contribution in [0.15, 0.2) is 24.3 Å². The summed E-state index contributed by atoms with van der Waals surface area (Å²) in [6, 6.07) is 7.85. The lowest BCUT2D eigenvalue weighted by Gasteiger charge is -2.10. The summed E-state index contributed by atoms with van der Waals surface area (Å²) < 4.78 is 9.91. The molecule has 0 aliphatic rings. The van der Waals surface area contributed by atoms with Crippen molar-refractivity contribution in [3.63, 3.8) is 0 Å². The molecule has 0 spiro atoms. The van der Waals surface area contributed by atoms with E-state index >= 15 is 0 Å². The molecule has 6 nitrogen and oxygen atoms in total. The third-order valence-electron chi connectivity index (χ3n) is 4.52. The molecule has 0 saturated carbocycles. The topological polar surface area (TPSA) is 73.3 Å². The number of halogens is 1. The minimum atomic E-state index is -0.217. The third kappa shape index (κ3) is 5.36. The lowest BCUT2D eigenvalue weighted by atomic mass is 10.2. The molecule has 0 radical (unpaired) electrons. The van der Waals surface area contributed by atoms with E-state index in [0.29, 0.717) is 36.6 Å². The van der Waals surface area contributed by atoms with Gasteiger partial charge in [0.15, 0.2) is 0 Å². The molecule has 3 rings (SSSR count). The fourth-order valence-electron chi connectivity index (χ4n) is 2.93. The van der Waals surface area contributed by atoms with E-state index in [1.54, 1.807) is 18.4 Å². The van der Waals surface area contributed by atoms with Crippen molar-refractivity contribution >= 4 is 44.9 Å². The first kappa shape index (κ1) is 21.3. The van der Waals surface area contributed by atoms with Crippen molar-refractivity contribution < 1.29 is 14.3 Å². The SMILES string of the molecule is CCc1cc2c(NCc3ccc(OC)c(Cl)c3)nc(CCCC(=O)OC)nc2s1. The number of nitrogens with zero attached hydrogens (tertiary/aromatic N) is 2. The van der Waals surface area contributed by atoms with Crippen LogP contribution in [0.2, 0.25) is 5.02 Å². The van der Waals surface area contributed by atoms with Crippen molar-refractivity contribution in [2.45, 2.75) is 39.2 Å². The minimum absolute atomic E-state index is 0.217.